The van der Waals surface area contributed by atoms with Gasteiger partial charge in [-0.3, -0.25) is 19.3 Å². The van der Waals surface area contributed by atoms with Crippen molar-refractivity contribution < 1.29 is 23.2 Å². The molecule has 0 unspecified atom stereocenters. The fraction of sp³-hybridized carbons (Fsp3) is 0.318. The van der Waals surface area contributed by atoms with Crippen LogP contribution in [0, 0.1) is 11.6 Å². The summed E-state index contributed by atoms with van der Waals surface area (Å²) >= 11 is 5.89. The van der Waals surface area contributed by atoms with Gasteiger partial charge >= 0.3 is 0 Å². The third-order valence-corrected chi connectivity index (χ3v) is 5.22. The highest BCUT2D eigenvalue weighted by molar-refractivity contribution is 6.30. The van der Waals surface area contributed by atoms with Crippen LogP contribution in [0.3, 0.4) is 0 Å². The SMILES string of the molecule is CN(C)CCN(CC(=O)N1CC(=O)N(c2ccc(Cl)cc2)C1)C(=O)c1cc(F)cc(F)c1. The quantitative estimate of drug-likeness (QED) is 0.631. The summed E-state index contributed by atoms with van der Waals surface area (Å²) in [5.74, 6) is -3.14. The van der Waals surface area contributed by atoms with Crippen molar-refractivity contribution in [2.75, 3.05) is 51.8 Å². The predicted molar refractivity (Wildman–Crippen MR) is 116 cm³/mol. The van der Waals surface area contributed by atoms with Gasteiger partial charge in [0, 0.05) is 35.4 Å². The number of likely N-dealkylation sites (N-methyl/N-ethyl adjacent to an activating group) is 1. The van der Waals surface area contributed by atoms with E-state index in [0.717, 1.165) is 12.1 Å². The van der Waals surface area contributed by atoms with E-state index in [1.165, 1.54) is 14.7 Å². The second-order valence-corrected chi connectivity index (χ2v) is 8.16. The normalized spacial score (nSPS) is 13.8. The molecule has 0 aromatic heterocycles. The highest BCUT2D eigenvalue weighted by Gasteiger charge is 2.33. The number of hydrogen-bond acceptors (Lipinski definition) is 4. The van der Waals surface area contributed by atoms with Gasteiger partial charge in [-0.2, -0.15) is 0 Å². The van der Waals surface area contributed by atoms with Crippen LogP contribution in [0.2, 0.25) is 5.02 Å². The Labute approximate surface area is 189 Å². The van der Waals surface area contributed by atoms with Crippen LogP contribution >= 0.6 is 11.6 Å². The number of anilines is 1. The number of benzene rings is 2. The first kappa shape index (κ1) is 23.6. The van der Waals surface area contributed by atoms with E-state index in [2.05, 4.69) is 0 Å². The third kappa shape index (κ3) is 5.80. The molecule has 1 fully saturated rings. The van der Waals surface area contributed by atoms with E-state index in [-0.39, 0.29) is 37.8 Å². The number of rotatable bonds is 7. The number of hydrogen-bond donors (Lipinski definition) is 0. The molecule has 2 aromatic rings. The molecular weight excluding hydrogens is 442 g/mol. The molecule has 0 saturated carbocycles. The molecule has 0 spiro atoms. The zero-order valence-electron chi connectivity index (χ0n) is 17.7. The van der Waals surface area contributed by atoms with Crippen molar-refractivity contribution in [3.05, 3.63) is 64.7 Å². The van der Waals surface area contributed by atoms with Gasteiger partial charge in [0.15, 0.2) is 0 Å². The zero-order chi connectivity index (χ0) is 23.4. The lowest BCUT2D eigenvalue weighted by atomic mass is 10.2. The maximum Gasteiger partial charge on any atom is 0.254 e. The van der Waals surface area contributed by atoms with Gasteiger partial charge in [0.25, 0.3) is 5.91 Å². The van der Waals surface area contributed by atoms with Gasteiger partial charge in [-0.05, 0) is 50.5 Å². The number of carbonyl (C=O) groups excluding carboxylic acids is 3. The van der Waals surface area contributed by atoms with Crippen LogP contribution in [0.25, 0.3) is 0 Å². The second-order valence-electron chi connectivity index (χ2n) is 7.72. The summed E-state index contributed by atoms with van der Waals surface area (Å²) < 4.78 is 27.2. The molecule has 0 atom stereocenters. The minimum absolute atomic E-state index is 0.0314. The molecule has 0 radical (unpaired) electrons. The lowest BCUT2D eigenvalue weighted by Gasteiger charge is -2.26. The molecule has 32 heavy (non-hydrogen) atoms. The predicted octanol–water partition coefficient (Wildman–Crippen LogP) is 2.45. The van der Waals surface area contributed by atoms with E-state index in [4.69, 9.17) is 11.6 Å². The summed E-state index contributed by atoms with van der Waals surface area (Å²) in [4.78, 5) is 44.1. The van der Waals surface area contributed by atoms with Crippen molar-refractivity contribution in [2.45, 2.75) is 0 Å². The standard InChI is InChI=1S/C22H23ClF2N4O3/c1-26(2)7-8-27(22(32)15-9-17(24)11-18(25)10-15)12-20(30)28-13-21(31)29(14-28)19-5-3-16(23)4-6-19/h3-6,9-11H,7-8,12-14H2,1-2H3. The van der Waals surface area contributed by atoms with Crippen LogP contribution in [0.1, 0.15) is 10.4 Å². The van der Waals surface area contributed by atoms with E-state index >= 15 is 0 Å². The van der Waals surface area contributed by atoms with Crippen LogP contribution in [0.4, 0.5) is 14.5 Å². The summed E-state index contributed by atoms with van der Waals surface area (Å²) in [7, 11) is 3.60. The molecule has 3 rings (SSSR count). The van der Waals surface area contributed by atoms with Crippen LogP contribution in [0.15, 0.2) is 42.5 Å². The Bertz CT molecular complexity index is 996. The third-order valence-electron chi connectivity index (χ3n) is 4.97. The first-order valence-corrected chi connectivity index (χ1v) is 10.3. The molecule has 170 valence electrons. The molecule has 1 saturated heterocycles. The van der Waals surface area contributed by atoms with Gasteiger partial charge in [-0.15, -0.1) is 0 Å². The maximum absolute atomic E-state index is 13.6. The van der Waals surface area contributed by atoms with Crippen molar-refractivity contribution in [1.82, 2.24) is 14.7 Å². The van der Waals surface area contributed by atoms with Gasteiger partial charge < -0.3 is 14.7 Å². The van der Waals surface area contributed by atoms with Crippen molar-refractivity contribution in [3.8, 4) is 0 Å². The Morgan fingerprint density at radius 2 is 1.66 bits per heavy atom. The highest BCUT2D eigenvalue weighted by Crippen LogP contribution is 2.22. The molecule has 0 aliphatic carbocycles. The van der Waals surface area contributed by atoms with E-state index < -0.39 is 23.4 Å². The van der Waals surface area contributed by atoms with Gasteiger partial charge in [0.05, 0.1) is 0 Å². The minimum Gasteiger partial charge on any atom is -0.328 e. The summed E-state index contributed by atoms with van der Waals surface area (Å²) in [6.07, 6.45) is 0. The number of amides is 3. The van der Waals surface area contributed by atoms with Gasteiger partial charge in [0.1, 0.15) is 31.4 Å². The molecule has 1 aliphatic heterocycles. The Morgan fingerprint density at radius 1 is 1.03 bits per heavy atom. The molecule has 10 heteroatoms. The molecule has 0 bridgehead atoms. The summed E-state index contributed by atoms with van der Waals surface area (Å²) in [5, 5.41) is 0.525. The average molecular weight is 465 g/mol. The molecule has 7 nitrogen and oxygen atoms in total. The average Bonchev–Trinajstić information content (AvgIpc) is 3.12. The van der Waals surface area contributed by atoms with E-state index in [0.29, 0.717) is 23.3 Å². The minimum atomic E-state index is -0.879. The zero-order valence-corrected chi connectivity index (χ0v) is 18.5. The summed E-state index contributed by atoms with van der Waals surface area (Å²) in [5.41, 5.74) is 0.417. The van der Waals surface area contributed by atoms with E-state index in [1.54, 1.807) is 38.4 Å². The Balaban J connectivity index is 1.74. The van der Waals surface area contributed by atoms with Gasteiger partial charge in [-0.25, -0.2) is 8.78 Å². The van der Waals surface area contributed by atoms with Gasteiger partial charge in [-0.1, -0.05) is 11.6 Å². The lowest BCUT2D eigenvalue weighted by Crippen LogP contribution is -2.45. The molecule has 3 amide bonds. The van der Waals surface area contributed by atoms with Crippen LogP contribution in [0.5, 0.6) is 0 Å². The lowest BCUT2D eigenvalue weighted by molar-refractivity contribution is -0.132. The fourth-order valence-electron chi connectivity index (χ4n) is 3.26. The number of carbonyl (C=O) groups is 3. The van der Waals surface area contributed by atoms with Crippen molar-refractivity contribution in [2.24, 2.45) is 0 Å². The van der Waals surface area contributed by atoms with Crippen molar-refractivity contribution in [1.29, 1.82) is 0 Å². The number of nitrogens with zero attached hydrogens (tertiary/aromatic N) is 4. The van der Waals surface area contributed by atoms with Gasteiger partial charge in [0.2, 0.25) is 11.8 Å². The van der Waals surface area contributed by atoms with E-state index in [1.807, 2.05) is 4.90 Å². The Hall–Kier alpha value is -3.04. The van der Waals surface area contributed by atoms with Crippen LogP contribution in [-0.2, 0) is 9.59 Å². The smallest absolute Gasteiger partial charge is 0.254 e. The second kappa shape index (κ2) is 10.1. The highest BCUT2D eigenvalue weighted by atomic mass is 35.5. The maximum atomic E-state index is 13.6. The molecule has 1 heterocycles. The Kier molecular flexibility index (Phi) is 7.42. The topological polar surface area (TPSA) is 64.2 Å². The van der Waals surface area contributed by atoms with E-state index in [9.17, 15) is 23.2 Å². The fourth-order valence-corrected chi connectivity index (χ4v) is 3.38. The summed E-state index contributed by atoms with van der Waals surface area (Å²) in [6.45, 7) is 0.174. The molecular formula is C22H23ClF2N4O3. The van der Waals surface area contributed by atoms with Crippen LogP contribution < -0.4 is 4.90 Å². The molecule has 0 N–H and O–H groups in total. The largest absolute Gasteiger partial charge is 0.328 e. The van der Waals surface area contributed by atoms with Crippen LogP contribution in [-0.4, -0.2) is 79.4 Å². The summed E-state index contributed by atoms with van der Waals surface area (Å²) in [6, 6.07) is 9.19. The van der Waals surface area contributed by atoms with Crippen molar-refractivity contribution >= 4 is 35.0 Å². The number of halogens is 3. The molecule has 2 aromatic carbocycles. The Morgan fingerprint density at radius 3 is 2.25 bits per heavy atom. The monoisotopic (exact) mass is 464 g/mol. The first-order chi connectivity index (χ1) is 15.1. The van der Waals surface area contributed by atoms with Crippen molar-refractivity contribution in [3.63, 3.8) is 0 Å². The molecule has 1 aliphatic rings. The first-order valence-electron chi connectivity index (χ1n) is 9.88.